The molecule has 40 heavy (non-hydrogen) atoms. The number of amides is 1. The van der Waals surface area contributed by atoms with Crippen molar-refractivity contribution in [1.29, 1.82) is 5.26 Å². The van der Waals surface area contributed by atoms with Gasteiger partial charge in [0.05, 0.1) is 11.7 Å². The molecule has 2 fully saturated rings. The van der Waals surface area contributed by atoms with E-state index in [1.54, 1.807) is 39.8 Å². The van der Waals surface area contributed by atoms with E-state index in [2.05, 4.69) is 9.97 Å². The van der Waals surface area contributed by atoms with Crippen molar-refractivity contribution in [2.45, 2.75) is 37.3 Å². The number of nitrogens with zero attached hydrogens (tertiary/aromatic N) is 6. The summed E-state index contributed by atoms with van der Waals surface area (Å²) in [6.07, 6.45) is 5.73. The molecule has 0 spiro atoms. The Hall–Kier alpha value is -4.95. The molecule has 0 bridgehead atoms. The summed E-state index contributed by atoms with van der Waals surface area (Å²) in [7, 11) is 0. The molecule has 11 heteroatoms. The molecule has 11 nitrogen and oxygen atoms in total. The van der Waals surface area contributed by atoms with E-state index < -0.39 is 5.54 Å². The number of carbonyl (C=O) groups excluding carboxylic acids is 1. The average molecular weight is 537 g/mol. The van der Waals surface area contributed by atoms with Crippen molar-refractivity contribution in [2.24, 2.45) is 5.73 Å². The first kappa shape index (κ1) is 25.3. The summed E-state index contributed by atoms with van der Waals surface area (Å²) in [6, 6.07) is 18.2. The van der Waals surface area contributed by atoms with Crippen LogP contribution in [0.3, 0.4) is 0 Å². The monoisotopic (exact) mass is 536 g/mol. The van der Waals surface area contributed by atoms with Crippen LogP contribution in [-0.2, 0) is 4.79 Å². The number of ether oxygens (including phenoxy) is 1. The third kappa shape index (κ3) is 4.69. The molecule has 4 N–H and O–H groups in total. The maximum atomic E-state index is 14.0. The van der Waals surface area contributed by atoms with Crippen molar-refractivity contribution in [3.05, 3.63) is 83.1 Å². The molecular formula is C29H28N8O3. The lowest BCUT2D eigenvalue weighted by molar-refractivity contribution is -0.128. The number of rotatable bonds is 6. The molecule has 6 rings (SSSR count). The number of nitrogen functional groups attached to an aromatic ring is 1. The summed E-state index contributed by atoms with van der Waals surface area (Å²) < 4.78 is 8.97. The summed E-state index contributed by atoms with van der Waals surface area (Å²) in [5, 5.41) is 9.63. The van der Waals surface area contributed by atoms with E-state index in [1.807, 2.05) is 36.4 Å². The zero-order valence-corrected chi connectivity index (χ0v) is 21.7. The van der Waals surface area contributed by atoms with Crippen molar-refractivity contribution < 1.29 is 9.53 Å². The van der Waals surface area contributed by atoms with Crippen LogP contribution in [0.4, 0.5) is 5.82 Å². The molecule has 0 unspecified atom stereocenters. The standard InChI is InChI=1S/C29H28N8O3/c30-16-19(15-29(32)12-13-29)27(38)35-14-4-5-21(17-35)37-26-24(25(31)33-18-34-26)36(28(37)39)20-8-10-23(11-9-20)40-22-6-2-1-3-7-22/h1-3,6-11,15,18,21H,4-5,12-14,17,32H2,(H2,31,33,34)/b19-15+/t21-/m0/s1. The Morgan fingerprint density at radius 2 is 1.82 bits per heavy atom. The number of likely N-dealkylation sites (tertiary alicyclic amines) is 1. The molecule has 3 heterocycles. The molecule has 1 amide bonds. The van der Waals surface area contributed by atoms with Gasteiger partial charge in [-0.15, -0.1) is 0 Å². The molecule has 1 saturated carbocycles. The lowest BCUT2D eigenvalue weighted by atomic mass is 10.0. The van der Waals surface area contributed by atoms with Crippen molar-refractivity contribution in [3.63, 3.8) is 0 Å². The van der Waals surface area contributed by atoms with Crippen molar-refractivity contribution in [2.75, 3.05) is 18.8 Å². The van der Waals surface area contributed by atoms with E-state index in [0.29, 0.717) is 47.7 Å². The molecule has 1 aliphatic carbocycles. The minimum atomic E-state index is -0.573. The van der Waals surface area contributed by atoms with E-state index in [-0.39, 0.29) is 35.6 Å². The Morgan fingerprint density at radius 3 is 2.52 bits per heavy atom. The normalized spacial score (nSPS) is 18.4. The first-order valence-corrected chi connectivity index (χ1v) is 13.1. The minimum absolute atomic E-state index is 0.0415. The van der Waals surface area contributed by atoms with Crippen LogP contribution >= 0.6 is 0 Å². The Bertz CT molecular complexity index is 1710. The quantitative estimate of drug-likeness (QED) is 0.281. The van der Waals surface area contributed by atoms with E-state index in [9.17, 15) is 14.9 Å². The zero-order chi connectivity index (χ0) is 27.9. The van der Waals surface area contributed by atoms with Crippen LogP contribution in [0, 0.1) is 11.3 Å². The van der Waals surface area contributed by atoms with Crippen molar-refractivity contribution >= 4 is 22.9 Å². The number of hydrogen-bond acceptors (Lipinski definition) is 8. The highest BCUT2D eigenvalue weighted by Crippen LogP contribution is 2.35. The Kier molecular flexibility index (Phi) is 6.32. The summed E-state index contributed by atoms with van der Waals surface area (Å²) >= 11 is 0. The van der Waals surface area contributed by atoms with Gasteiger partial charge in [0.15, 0.2) is 11.5 Å². The largest absolute Gasteiger partial charge is 0.457 e. The Labute approximate surface area is 229 Å². The SMILES string of the molecule is N#C/C(=C\C1(N)CC1)C(=O)N1CCC[C@H](n2c(=O)n(-c3ccc(Oc4ccccc4)cc3)c3c(N)ncnc32)C1. The first-order valence-electron chi connectivity index (χ1n) is 13.1. The van der Waals surface area contributed by atoms with Crippen molar-refractivity contribution in [3.8, 4) is 23.3 Å². The van der Waals surface area contributed by atoms with Gasteiger partial charge in [-0.25, -0.2) is 14.8 Å². The predicted molar refractivity (Wildman–Crippen MR) is 149 cm³/mol. The van der Waals surface area contributed by atoms with Crippen LogP contribution in [0.5, 0.6) is 11.5 Å². The maximum Gasteiger partial charge on any atom is 0.335 e. The average Bonchev–Trinajstić information content (AvgIpc) is 3.62. The molecule has 1 aliphatic heterocycles. The first-order chi connectivity index (χ1) is 19.4. The smallest absolute Gasteiger partial charge is 0.335 e. The molecule has 2 aromatic carbocycles. The van der Waals surface area contributed by atoms with Crippen LogP contribution in [0.2, 0.25) is 0 Å². The molecule has 4 aromatic rings. The lowest BCUT2D eigenvalue weighted by Gasteiger charge is -2.33. The van der Waals surface area contributed by atoms with E-state index in [0.717, 1.165) is 12.8 Å². The zero-order valence-electron chi connectivity index (χ0n) is 21.7. The van der Waals surface area contributed by atoms with Gasteiger partial charge in [-0.2, -0.15) is 5.26 Å². The van der Waals surface area contributed by atoms with Crippen LogP contribution in [0.15, 0.2) is 77.4 Å². The fourth-order valence-corrected chi connectivity index (χ4v) is 5.16. The lowest BCUT2D eigenvalue weighted by Crippen LogP contribution is -2.43. The predicted octanol–water partition coefficient (Wildman–Crippen LogP) is 3.06. The number of para-hydroxylation sites is 1. The third-order valence-corrected chi connectivity index (χ3v) is 7.41. The van der Waals surface area contributed by atoms with Gasteiger partial charge >= 0.3 is 5.69 Å². The summed E-state index contributed by atoms with van der Waals surface area (Å²) in [5.74, 6) is 1.11. The number of aromatic nitrogens is 4. The number of hydrogen-bond donors (Lipinski definition) is 2. The highest BCUT2D eigenvalue weighted by Gasteiger charge is 2.38. The number of fused-ring (bicyclic) bond motifs is 1. The highest BCUT2D eigenvalue weighted by molar-refractivity contribution is 5.97. The van der Waals surface area contributed by atoms with Gasteiger partial charge in [-0.1, -0.05) is 18.2 Å². The highest BCUT2D eigenvalue weighted by atomic mass is 16.5. The van der Waals surface area contributed by atoms with E-state index in [4.69, 9.17) is 16.2 Å². The Balaban J connectivity index is 1.34. The summed E-state index contributed by atoms with van der Waals surface area (Å²) in [4.78, 5) is 37.4. The van der Waals surface area contributed by atoms with Gasteiger partial charge in [0.25, 0.3) is 5.91 Å². The van der Waals surface area contributed by atoms with E-state index >= 15 is 0 Å². The maximum absolute atomic E-state index is 14.0. The number of piperidine rings is 1. The second-order valence-electron chi connectivity index (χ2n) is 10.3. The molecule has 2 aliphatic rings. The van der Waals surface area contributed by atoms with Gasteiger partial charge in [-0.3, -0.25) is 13.9 Å². The van der Waals surface area contributed by atoms with Gasteiger partial charge in [0.2, 0.25) is 0 Å². The summed E-state index contributed by atoms with van der Waals surface area (Å²) in [5.41, 5.74) is 12.9. The number of nitriles is 1. The fourth-order valence-electron chi connectivity index (χ4n) is 5.16. The van der Waals surface area contributed by atoms with Gasteiger partial charge < -0.3 is 21.1 Å². The second kappa shape index (κ2) is 9.98. The van der Waals surface area contributed by atoms with Crippen LogP contribution in [0.25, 0.3) is 16.9 Å². The molecule has 1 atom stereocenters. The Morgan fingerprint density at radius 1 is 1.10 bits per heavy atom. The van der Waals surface area contributed by atoms with Crippen molar-refractivity contribution in [1.82, 2.24) is 24.0 Å². The summed E-state index contributed by atoms with van der Waals surface area (Å²) in [6.45, 7) is 0.738. The molecule has 0 radical (unpaired) electrons. The third-order valence-electron chi connectivity index (χ3n) is 7.41. The van der Waals surface area contributed by atoms with Gasteiger partial charge in [0.1, 0.15) is 35.0 Å². The number of anilines is 1. The number of imidazole rings is 1. The number of carbonyl (C=O) groups is 1. The van der Waals surface area contributed by atoms with Crippen LogP contribution in [-0.4, -0.2) is 48.5 Å². The molecule has 202 valence electrons. The topological polar surface area (TPSA) is 158 Å². The van der Waals surface area contributed by atoms with E-state index in [1.165, 1.54) is 10.9 Å². The molecular weight excluding hydrogens is 508 g/mol. The minimum Gasteiger partial charge on any atom is -0.457 e. The van der Waals surface area contributed by atoms with Crippen LogP contribution < -0.4 is 21.9 Å². The number of benzene rings is 2. The molecule has 1 saturated heterocycles. The molecule has 2 aromatic heterocycles. The fraction of sp³-hybridized carbons (Fsp3) is 0.276. The van der Waals surface area contributed by atoms with Gasteiger partial charge in [-0.05, 0) is 68.2 Å². The van der Waals surface area contributed by atoms with Gasteiger partial charge in [0, 0.05) is 18.6 Å². The second-order valence-corrected chi connectivity index (χ2v) is 10.3. The number of nitrogens with two attached hydrogens (primary N) is 2. The van der Waals surface area contributed by atoms with Crippen LogP contribution in [0.1, 0.15) is 31.7 Å².